The lowest BCUT2D eigenvalue weighted by atomic mass is 10.1. The highest BCUT2D eigenvalue weighted by atomic mass is 28.3. The van der Waals surface area contributed by atoms with Crippen molar-refractivity contribution in [1.82, 2.24) is 0 Å². The first-order valence-electron chi connectivity index (χ1n) is 6.07. The lowest BCUT2D eigenvalue weighted by Crippen LogP contribution is -2.16. The van der Waals surface area contributed by atoms with Gasteiger partial charge in [-0.2, -0.15) is 0 Å². The Labute approximate surface area is 106 Å². The van der Waals surface area contributed by atoms with Gasteiger partial charge in [0, 0.05) is 12.8 Å². The van der Waals surface area contributed by atoms with Gasteiger partial charge < -0.3 is 4.74 Å². The quantitative estimate of drug-likeness (QED) is 0.246. The van der Waals surface area contributed by atoms with E-state index in [0.29, 0.717) is 6.42 Å². The molecular weight excluding hydrogens is 228 g/mol. The van der Waals surface area contributed by atoms with Crippen LogP contribution in [0.15, 0.2) is 11.6 Å². The average molecular weight is 252 g/mol. The predicted octanol–water partition coefficient (Wildman–Crippen LogP) is 3.55. The molecule has 0 aromatic carbocycles. The van der Waals surface area contributed by atoms with Crippen molar-refractivity contribution in [3.8, 4) is 11.5 Å². The van der Waals surface area contributed by atoms with Crippen LogP contribution in [0.1, 0.15) is 32.6 Å². The van der Waals surface area contributed by atoms with Crippen LogP contribution in [0, 0.1) is 11.5 Å². The molecule has 96 valence electrons. The van der Waals surface area contributed by atoms with Crippen LogP contribution in [0.2, 0.25) is 19.6 Å². The molecule has 0 atom stereocenters. The number of rotatable bonds is 5. The Morgan fingerprint density at radius 3 is 2.47 bits per heavy atom. The summed E-state index contributed by atoms with van der Waals surface area (Å²) in [5, 5.41) is 0. The third-order valence-electron chi connectivity index (χ3n) is 2.18. The Bertz CT molecular complexity index is 326. The summed E-state index contributed by atoms with van der Waals surface area (Å²) in [6.45, 7) is 8.79. The second kappa shape index (κ2) is 8.13. The molecule has 0 bridgehead atoms. The van der Waals surface area contributed by atoms with E-state index in [2.05, 4.69) is 48.8 Å². The Morgan fingerprint density at radius 2 is 1.94 bits per heavy atom. The maximum Gasteiger partial charge on any atom is 0.305 e. The zero-order chi connectivity index (χ0) is 13.3. The number of carbonyl (C=O) groups is 1. The minimum atomic E-state index is -1.21. The topological polar surface area (TPSA) is 26.3 Å². The number of allylic oxidation sites excluding steroid dienone is 2. The fraction of sp³-hybridized carbons (Fsp3) is 0.643. The molecule has 17 heavy (non-hydrogen) atoms. The highest BCUT2D eigenvalue weighted by molar-refractivity contribution is 6.83. The molecule has 0 heterocycles. The van der Waals surface area contributed by atoms with Gasteiger partial charge in [-0.05, 0) is 19.8 Å². The Balaban J connectivity index is 3.84. The molecule has 0 fully saturated rings. The van der Waals surface area contributed by atoms with Gasteiger partial charge in [0.25, 0.3) is 0 Å². The second-order valence-corrected chi connectivity index (χ2v) is 9.97. The van der Waals surface area contributed by atoms with Crippen LogP contribution in [0.3, 0.4) is 0 Å². The summed E-state index contributed by atoms with van der Waals surface area (Å²) >= 11 is 0. The third-order valence-corrected chi connectivity index (χ3v) is 3.10. The third kappa shape index (κ3) is 11.3. The Morgan fingerprint density at radius 1 is 1.29 bits per heavy atom. The summed E-state index contributed by atoms with van der Waals surface area (Å²) in [6, 6.07) is 0. The van der Waals surface area contributed by atoms with E-state index >= 15 is 0 Å². The van der Waals surface area contributed by atoms with Crippen LogP contribution in [0.25, 0.3) is 0 Å². The maximum absolute atomic E-state index is 10.9. The molecule has 2 nitrogen and oxygen atoms in total. The molecule has 0 aliphatic heterocycles. The van der Waals surface area contributed by atoms with Crippen molar-refractivity contribution < 1.29 is 9.53 Å². The van der Waals surface area contributed by atoms with Gasteiger partial charge in [0.05, 0.1) is 7.11 Å². The normalized spacial score (nSPS) is 11.7. The highest BCUT2D eigenvalue weighted by Crippen LogP contribution is 2.07. The van der Waals surface area contributed by atoms with E-state index in [1.54, 1.807) is 0 Å². The van der Waals surface area contributed by atoms with Crippen molar-refractivity contribution in [2.24, 2.45) is 0 Å². The van der Waals surface area contributed by atoms with Gasteiger partial charge in [-0.15, -0.1) is 11.5 Å². The number of esters is 1. The van der Waals surface area contributed by atoms with Crippen molar-refractivity contribution in [1.29, 1.82) is 0 Å². The number of unbranched alkanes of at least 4 members (excludes halogenated alkanes) is 1. The fourth-order valence-corrected chi connectivity index (χ4v) is 1.88. The van der Waals surface area contributed by atoms with Gasteiger partial charge in [0.2, 0.25) is 0 Å². The summed E-state index contributed by atoms with van der Waals surface area (Å²) < 4.78 is 4.60. The molecule has 0 aliphatic carbocycles. The number of ether oxygens (including phenoxy) is 1. The van der Waals surface area contributed by atoms with Crippen LogP contribution < -0.4 is 0 Å². The molecule has 0 spiro atoms. The van der Waals surface area contributed by atoms with Gasteiger partial charge in [-0.25, -0.2) is 0 Å². The fourth-order valence-electron chi connectivity index (χ4n) is 1.22. The lowest BCUT2D eigenvalue weighted by Gasteiger charge is -2.03. The van der Waals surface area contributed by atoms with E-state index in [0.717, 1.165) is 19.3 Å². The summed E-state index contributed by atoms with van der Waals surface area (Å²) in [4.78, 5) is 10.9. The number of hydrogen-bond acceptors (Lipinski definition) is 2. The van der Waals surface area contributed by atoms with Gasteiger partial charge in [0.1, 0.15) is 8.07 Å². The molecule has 0 aliphatic rings. The molecule has 3 heteroatoms. The summed E-state index contributed by atoms with van der Waals surface area (Å²) in [5.74, 6) is 3.09. The first kappa shape index (κ1) is 16.0. The molecule has 0 saturated heterocycles. The zero-order valence-electron chi connectivity index (χ0n) is 11.7. The molecule has 0 amide bonds. The van der Waals surface area contributed by atoms with E-state index in [9.17, 15) is 4.79 Å². The van der Waals surface area contributed by atoms with E-state index in [4.69, 9.17) is 0 Å². The van der Waals surface area contributed by atoms with Crippen LogP contribution >= 0.6 is 0 Å². The van der Waals surface area contributed by atoms with E-state index in [1.807, 2.05) is 0 Å². The van der Waals surface area contributed by atoms with Crippen molar-refractivity contribution in [2.45, 2.75) is 52.2 Å². The molecular formula is C14H24O2Si. The van der Waals surface area contributed by atoms with Crippen LogP contribution in [-0.4, -0.2) is 21.2 Å². The average Bonchev–Trinajstić information content (AvgIpc) is 2.23. The number of methoxy groups -OCH3 is 1. The van der Waals surface area contributed by atoms with Crippen molar-refractivity contribution in [3.63, 3.8) is 0 Å². The Hall–Kier alpha value is -1.01. The Kier molecular flexibility index (Phi) is 7.65. The lowest BCUT2D eigenvalue weighted by molar-refractivity contribution is -0.140. The van der Waals surface area contributed by atoms with E-state index in [1.165, 1.54) is 12.7 Å². The minimum Gasteiger partial charge on any atom is -0.469 e. The van der Waals surface area contributed by atoms with E-state index in [-0.39, 0.29) is 5.97 Å². The number of carbonyl (C=O) groups excluding carboxylic acids is 1. The van der Waals surface area contributed by atoms with Crippen molar-refractivity contribution >= 4 is 14.0 Å². The SMILES string of the molecule is COC(=O)CCC(C)=CCCC#C[Si](C)(C)C. The van der Waals surface area contributed by atoms with Gasteiger partial charge in [0.15, 0.2) is 0 Å². The predicted molar refractivity (Wildman–Crippen MR) is 75.4 cm³/mol. The van der Waals surface area contributed by atoms with Crippen LogP contribution in [0.5, 0.6) is 0 Å². The summed E-state index contributed by atoms with van der Waals surface area (Å²) in [5.41, 5.74) is 4.58. The monoisotopic (exact) mass is 252 g/mol. The standard InChI is InChI=1S/C14H24O2Si/c1-13(10-11-14(15)16-2)9-7-6-8-12-17(3,4)5/h9H,6-7,10-11H2,1-5H3. The van der Waals surface area contributed by atoms with Crippen molar-refractivity contribution in [2.75, 3.05) is 7.11 Å². The minimum absolute atomic E-state index is 0.142. The van der Waals surface area contributed by atoms with Crippen LogP contribution in [0.4, 0.5) is 0 Å². The van der Waals surface area contributed by atoms with Gasteiger partial charge in [-0.1, -0.05) is 31.3 Å². The smallest absolute Gasteiger partial charge is 0.305 e. The first-order chi connectivity index (χ1) is 7.85. The summed E-state index contributed by atoms with van der Waals surface area (Å²) in [6.07, 6.45) is 5.32. The molecule has 0 unspecified atom stereocenters. The van der Waals surface area contributed by atoms with Gasteiger partial charge >= 0.3 is 5.97 Å². The zero-order valence-corrected chi connectivity index (χ0v) is 12.7. The number of hydrogen-bond donors (Lipinski definition) is 0. The van der Waals surface area contributed by atoms with Crippen LogP contribution in [-0.2, 0) is 9.53 Å². The molecule has 0 N–H and O–H groups in total. The molecule has 0 saturated carbocycles. The summed E-state index contributed by atoms with van der Waals surface area (Å²) in [7, 11) is 0.212. The largest absolute Gasteiger partial charge is 0.469 e. The molecule has 0 aromatic heterocycles. The molecule has 0 aromatic rings. The molecule has 0 rings (SSSR count). The second-order valence-electron chi connectivity index (χ2n) is 5.22. The first-order valence-corrected chi connectivity index (χ1v) is 9.57. The van der Waals surface area contributed by atoms with Crippen molar-refractivity contribution in [3.05, 3.63) is 11.6 Å². The maximum atomic E-state index is 10.9. The van der Waals surface area contributed by atoms with Gasteiger partial charge in [-0.3, -0.25) is 4.79 Å². The van der Waals surface area contributed by atoms with E-state index < -0.39 is 8.07 Å². The molecule has 0 radical (unpaired) electrons. The highest BCUT2D eigenvalue weighted by Gasteiger charge is 2.06.